The fourth-order valence-electron chi connectivity index (χ4n) is 3.49. The van der Waals surface area contributed by atoms with Crippen molar-refractivity contribution < 1.29 is 18.8 Å². The molecule has 1 amide bonds. The third-order valence-electron chi connectivity index (χ3n) is 5.10. The summed E-state index contributed by atoms with van der Waals surface area (Å²) >= 11 is 0. The zero-order chi connectivity index (χ0) is 22.4. The summed E-state index contributed by atoms with van der Waals surface area (Å²) in [6.07, 6.45) is 0. The van der Waals surface area contributed by atoms with E-state index >= 15 is 0 Å². The molecule has 31 heavy (non-hydrogen) atoms. The van der Waals surface area contributed by atoms with E-state index in [0.29, 0.717) is 11.3 Å². The highest BCUT2D eigenvalue weighted by Gasteiger charge is 2.41. The number of carbonyl (C=O) groups excluding carboxylic acids is 3. The van der Waals surface area contributed by atoms with Crippen molar-refractivity contribution in [3.8, 4) is 0 Å². The molecule has 0 aromatic heterocycles. The summed E-state index contributed by atoms with van der Waals surface area (Å²) in [6, 6.07) is 22.7. The molecule has 0 aliphatic carbocycles. The Bertz CT molecular complexity index is 1050. The molecule has 0 fully saturated rings. The molecular weight excluding hydrogens is 393 g/mol. The summed E-state index contributed by atoms with van der Waals surface area (Å²) in [5, 5.41) is 2.77. The fraction of sp³-hybridized carbons (Fsp3) is 0.192. The highest BCUT2D eigenvalue weighted by atomic mass is 19.1. The lowest BCUT2D eigenvalue weighted by molar-refractivity contribution is -0.133. The van der Waals surface area contributed by atoms with Crippen molar-refractivity contribution in [1.82, 2.24) is 0 Å². The van der Waals surface area contributed by atoms with Crippen LogP contribution in [0, 0.1) is 17.7 Å². The number of ketones is 2. The number of hydrogen-bond acceptors (Lipinski definition) is 3. The second kappa shape index (κ2) is 9.94. The van der Waals surface area contributed by atoms with Gasteiger partial charge in [0.25, 0.3) is 0 Å². The van der Waals surface area contributed by atoms with Crippen molar-refractivity contribution in [2.75, 3.05) is 5.32 Å². The van der Waals surface area contributed by atoms with Gasteiger partial charge in [-0.25, -0.2) is 4.39 Å². The lowest BCUT2D eigenvalue weighted by Gasteiger charge is -2.26. The van der Waals surface area contributed by atoms with Gasteiger partial charge in [0.1, 0.15) is 17.5 Å². The van der Waals surface area contributed by atoms with Gasteiger partial charge in [-0.2, -0.15) is 0 Å². The van der Waals surface area contributed by atoms with Crippen molar-refractivity contribution in [3.63, 3.8) is 0 Å². The van der Waals surface area contributed by atoms with E-state index in [0.717, 1.165) is 0 Å². The highest BCUT2D eigenvalue weighted by Crippen LogP contribution is 2.32. The van der Waals surface area contributed by atoms with Gasteiger partial charge in [0, 0.05) is 17.2 Å². The van der Waals surface area contributed by atoms with Crippen LogP contribution in [0.2, 0.25) is 0 Å². The molecule has 0 aliphatic heterocycles. The molecule has 3 aromatic carbocycles. The average Bonchev–Trinajstić information content (AvgIpc) is 2.78. The zero-order valence-corrected chi connectivity index (χ0v) is 17.4. The number of Topliss-reactive ketones (excluding diaryl/α,β-unsaturated/α-hetero) is 2. The minimum Gasteiger partial charge on any atom is -0.325 e. The minimum absolute atomic E-state index is 0.240. The summed E-state index contributed by atoms with van der Waals surface area (Å²) in [5.74, 6) is -4.49. The smallest absolute Gasteiger partial charge is 0.236 e. The number of rotatable bonds is 8. The van der Waals surface area contributed by atoms with Crippen LogP contribution < -0.4 is 5.32 Å². The van der Waals surface area contributed by atoms with Gasteiger partial charge in [0.2, 0.25) is 5.91 Å². The Morgan fingerprint density at radius 3 is 1.87 bits per heavy atom. The molecule has 0 spiro atoms. The lowest BCUT2D eigenvalue weighted by Crippen LogP contribution is -2.40. The summed E-state index contributed by atoms with van der Waals surface area (Å²) in [7, 11) is 0. The lowest BCUT2D eigenvalue weighted by atomic mass is 9.75. The van der Waals surface area contributed by atoms with Crippen LogP contribution in [0.3, 0.4) is 0 Å². The van der Waals surface area contributed by atoms with E-state index in [1.165, 1.54) is 24.3 Å². The number of anilines is 1. The number of carbonyl (C=O) groups is 3. The molecule has 2 atom stereocenters. The molecule has 1 N–H and O–H groups in total. The molecule has 0 bridgehead atoms. The van der Waals surface area contributed by atoms with Crippen LogP contribution in [0.5, 0.6) is 0 Å². The number of halogens is 1. The summed E-state index contributed by atoms with van der Waals surface area (Å²) in [4.78, 5) is 40.1. The molecule has 0 aliphatic rings. The maximum Gasteiger partial charge on any atom is 0.236 e. The second-order valence-corrected chi connectivity index (χ2v) is 7.65. The Hall–Kier alpha value is -3.60. The Morgan fingerprint density at radius 2 is 1.32 bits per heavy atom. The largest absolute Gasteiger partial charge is 0.325 e. The third-order valence-corrected chi connectivity index (χ3v) is 5.10. The summed E-state index contributed by atoms with van der Waals surface area (Å²) < 4.78 is 13.4. The molecule has 0 heterocycles. The molecule has 3 rings (SSSR count). The molecule has 3 aromatic rings. The summed E-state index contributed by atoms with van der Waals surface area (Å²) in [6.45, 7) is 3.41. The van der Waals surface area contributed by atoms with Crippen molar-refractivity contribution in [1.29, 1.82) is 0 Å². The quantitative estimate of drug-likeness (QED) is 0.401. The Morgan fingerprint density at radius 1 is 0.774 bits per heavy atom. The van der Waals surface area contributed by atoms with Gasteiger partial charge in [-0.15, -0.1) is 0 Å². The molecule has 0 saturated carbocycles. The van der Waals surface area contributed by atoms with Gasteiger partial charge in [0.15, 0.2) is 5.78 Å². The molecule has 5 heteroatoms. The van der Waals surface area contributed by atoms with Crippen LogP contribution in [-0.4, -0.2) is 17.5 Å². The molecule has 0 radical (unpaired) electrons. The van der Waals surface area contributed by atoms with Crippen LogP contribution >= 0.6 is 0 Å². The number of benzene rings is 3. The first kappa shape index (κ1) is 22.1. The number of amides is 1. The standard InChI is InChI=1S/C26H24FNO3/c1-17(2)24(29)23(26(31)28-21-11-7-4-8-12-21)22(18-9-5-3-6-10-18)25(30)19-13-15-20(27)16-14-19/h3-17,22-23H,1-2H3,(H,28,31)/t22-,23-/m0/s1. The predicted molar refractivity (Wildman–Crippen MR) is 118 cm³/mol. The van der Waals surface area contributed by atoms with Crippen LogP contribution in [0.4, 0.5) is 10.1 Å². The SMILES string of the molecule is CC(C)C(=O)[C@@H](C(=O)Nc1ccccc1)[C@@H](C(=O)c1ccc(F)cc1)c1ccccc1. The maximum atomic E-state index is 13.5. The topological polar surface area (TPSA) is 63.2 Å². The molecule has 0 saturated heterocycles. The highest BCUT2D eigenvalue weighted by molar-refractivity contribution is 6.14. The Balaban J connectivity index is 2.08. The van der Waals surface area contributed by atoms with E-state index in [-0.39, 0.29) is 11.3 Å². The van der Waals surface area contributed by atoms with Crippen molar-refractivity contribution in [3.05, 3.63) is 102 Å². The van der Waals surface area contributed by atoms with E-state index in [1.54, 1.807) is 68.4 Å². The van der Waals surface area contributed by atoms with Crippen molar-refractivity contribution in [2.45, 2.75) is 19.8 Å². The number of para-hydroxylation sites is 1. The van der Waals surface area contributed by atoms with E-state index in [1.807, 2.05) is 6.07 Å². The van der Waals surface area contributed by atoms with Gasteiger partial charge in [-0.1, -0.05) is 62.4 Å². The van der Waals surface area contributed by atoms with Crippen LogP contribution in [0.15, 0.2) is 84.9 Å². The number of nitrogens with one attached hydrogen (secondary N) is 1. The Kier molecular flexibility index (Phi) is 7.08. The monoisotopic (exact) mass is 417 g/mol. The second-order valence-electron chi connectivity index (χ2n) is 7.65. The van der Waals surface area contributed by atoms with Crippen LogP contribution in [0.25, 0.3) is 0 Å². The first-order chi connectivity index (χ1) is 14.9. The van der Waals surface area contributed by atoms with E-state index in [9.17, 15) is 18.8 Å². The molecule has 4 nitrogen and oxygen atoms in total. The van der Waals surface area contributed by atoms with Gasteiger partial charge >= 0.3 is 0 Å². The molecule has 0 unspecified atom stereocenters. The Labute approximate surface area is 181 Å². The van der Waals surface area contributed by atoms with Gasteiger partial charge in [-0.05, 0) is 42.0 Å². The van der Waals surface area contributed by atoms with Crippen molar-refractivity contribution >= 4 is 23.2 Å². The van der Waals surface area contributed by atoms with Crippen molar-refractivity contribution in [2.24, 2.45) is 11.8 Å². The van der Waals surface area contributed by atoms with Gasteiger partial charge in [0.05, 0.1) is 5.92 Å². The predicted octanol–water partition coefficient (Wildman–Crippen LogP) is 5.27. The average molecular weight is 417 g/mol. The maximum absolute atomic E-state index is 13.5. The zero-order valence-electron chi connectivity index (χ0n) is 17.4. The number of hydrogen-bond donors (Lipinski definition) is 1. The summed E-state index contributed by atoms with van der Waals surface area (Å²) in [5.41, 5.74) is 1.33. The van der Waals surface area contributed by atoms with Gasteiger partial charge in [-0.3, -0.25) is 14.4 Å². The van der Waals surface area contributed by atoms with Crippen LogP contribution in [0.1, 0.15) is 35.7 Å². The molecule has 158 valence electrons. The first-order valence-corrected chi connectivity index (χ1v) is 10.1. The first-order valence-electron chi connectivity index (χ1n) is 10.1. The fourth-order valence-corrected chi connectivity index (χ4v) is 3.49. The molecular formula is C26H24FNO3. The third kappa shape index (κ3) is 5.31. The van der Waals surface area contributed by atoms with E-state index < -0.39 is 35.3 Å². The van der Waals surface area contributed by atoms with Gasteiger partial charge < -0.3 is 5.32 Å². The normalized spacial score (nSPS) is 12.8. The van der Waals surface area contributed by atoms with Crippen LogP contribution in [-0.2, 0) is 9.59 Å². The van der Waals surface area contributed by atoms with E-state index in [4.69, 9.17) is 0 Å². The van der Waals surface area contributed by atoms with E-state index in [2.05, 4.69) is 5.32 Å². The minimum atomic E-state index is -1.24.